The predicted octanol–water partition coefficient (Wildman–Crippen LogP) is 5.37. The largest absolute Gasteiger partial charge is 0.435 e. The number of amides is 2. The van der Waals surface area contributed by atoms with Gasteiger partial charge in [-0.15, -0.1) is 0 Å². The Bertz CT molecular complexity index is 1660. The molecule has 4 aromatic rings. The van der Waals surface area contributed by atoms with Crippen LogP contribution in [0.4, 0.5) is 8.78 Å². The molecule has 0 aliphatic rings. The van der Waals surface area contributed by atoms with E-state index >= 15 is 0 Å². The fraction of sp³-hybridized carbons (Fsp3) is 0.500. The second-order valence-electron chi connectivity index (χ2n) is 13.2. The first-order valence-electron chi connectivity index (χ1n) is 14.4. The Morgan fingerprint density at radius 3 is 2.52 bits per heavy atom. The summed E-state index contributed by atoms with van der Waals surface area (Å²) in [5.41, 5.74) is 1.93. The SMILES string of the molecule is CN(C)C(=O)CCn1nc(-c2cnc3c(n2)c(C(=O)NC(C)(C)C)cn3COCC[Si](C)(C)C)c2cc(OC(F)F)ccc21. The lowest BCUT2D eigenvalue weighted by Crippen LogP contribution is -2.40. The minimum atomic E-state index is -3.00. The number of nitrogens with zero attached hydrogens (tertiary/aromatic N) is 6. The quantitative estimate of drug-likeness (QED) is 0.166. The zero-order valence-electron chi connectivity index (χ0n) is 26.6. The number of hydrogen-bond acceptors (Lipinski definition) is 7. The first-order chi connectivity index (χ1) is 20.5. The molecule has 0 aliphatic carbocycles. The van der Waals surface area contributed by atoms with E-state index < -0.39 is 20.2 Å². The van der Waals surface area contributed by atoms with Crippen LogP contribution in [0.15, 0.2) is 30.6 Å². The van der Waals surface area contributed by atoms with Crippen molar-refractivity contribution in [3.63, 3.8) is 0 Å². The molecule has 0 saturated carbocycles. The van der Waals surface area contributed by atoms with Crippen molar-refractivity contribution >= 4 is 42.0 Å². The normalized spacial score (nSPS) is 12.3. The van der Waals surface area contributed by atoms with Crippen molar-refractivity contribution in [1.29, 1.82) is 0 Å². The summed E-state index contributed by atoms with van der Waals surface area (Å²) in [7, 11) is 2.05. The molecule has 0 unspecified atom stereocenters. The van der Waals surface area contributed by atoms with Crippen LogP contribution in [0.3, 0.4) is 0 Å². The third-order valence-corrected chi connectivity index (χ3v) is 8.46. The van der Waals surface area contributed by atoms with Crippen LogP contribution in [0, 0.1) is 0 Å². The molecule has 0 fully saturated rings. The van der Waals surface area contributed by atoms with Gasteiger partial charge in [-0.25, -0.2) is 9.97 Å². The second-order valence-corrected chi connectivity index (χ2v) is 18.8. The third-order valence-electron chi connectivity index (χ3n) is 6.75. The maximum atomic E-state index is 13.4. The number of ether oxygens (including phenoxy) is 2. The standard InChI is InChI=1S/C30H41F2N7O4Si/c1-30(2,3)35-28(41)21-17-38(18-42-13-14-44(6,7)8)27-26(21)34-22(16-33-27)25-20-15-19(43-29(31)32)9-10-23(20)39(36-25)12-11-24(40)37(4)5/h9-10,15-17,29H,11-14,18H2,1-8H3,(H,35,41). The monoisotopic (exact) mass is 629 g/mol. The van der Waals surface area contributed by atoms with Gasteiger partial charge in [0.2, 0.25) is 5.91 Å². The van der Waals surface area contributed by atoms with E-state index in [1.54, 1.807) is 35.6 Å². The summed E-state index contributed by atoms with van der Waals surface area (Å²) in [5.74, 6) is -0.449. The highest BCUT2D eigenvalue weighted by molar-refractivity contribution is 6.76. The Labute approximate surface area is 256 Å². The zero-order valence-corrected chi connectivity index (χ0v) is 27.6. The zero-order chi connectivity index (χ0) is 32.4. The summed E-state index contributed by atoms with van der Waals surface area (Å²) in [4.78, 5) is 36.7. The molecular formula is C30H41F2N7O4Si. The number of carbonyl (C=O) groups is 2. The molecule has 0 radical (unpaired) electrons. The van der Waals surface area contributed by atoms with Crippen LogP contribution in [0.2, 0.25) is 25.7 Å². The highest BCUT2D eigenvalue weighted by Gasteiger charge is 2.24. The number of aryl methyl sites for hydroxylation is 1. The minimum absolute atomic E-state index is 0.0430. The minimum Gasteiger partial charge on any atom is -0.435 e. The third kappa shape index (κ3) is 8.17. The molecule has 11 nitrogen and oxygen atoms in total. The van der Waals surface area contributed by atoms with Gasteiger partial charge in [-0.1, -0.05) is 19.6 Å². The van der Waals surface area contributed by atoms with E-state index in [1.807, 2.05) is 20.8 Å². The second kappa shape index (κ2) is 13.0. The molecule has 2 amide bonds. The number of nitrogens with one attached hydrogen (secondary N) is 1. The van der Waals surface area contributed by atoms with Crippen LogP contribution in [0.5, 0.6) is 5.75 Å². The first kappa shape index (κ1) is 33.0. The van der Waals surface area contributed by atoms with E-state index in [4.69, 9.17) is 14.8 Å². The van der Waals surface area contributed by atoms with Crippen LogP contribution in [0.25, 0.3) is 33.5 Å². The first-order valence-corrected chi connectivity index (χ1v) is 18.1. The van der Waals surface area contributed by atoms with Crippen molar-refractivity contribution in [2.45, 2.75) is 78.3 Å². The van der Waals surface area contributed by atoms with Gasteiger partial charge in [0.1, 0.15) is 29.4 Å². The van der Waals surface area contributed by atoms with E-state index in [9.17, 15) is 18.4 Å². The van der Waals surface area contributed by atoms with Gasteiger partial charge < -0.3 is 24.3 Å². The number of carbonyl (C=O) groups excluding carboxylic acids is 2. The molecule has 4 rings (SSSR count). The van der Waals surface area contributed by atoms with Gasteiger partial charge in [0.25, 0.3) is 5.91 Å². The molecule has 0 aliphatic heterocycles. The van der Waals surface area contributed by atoms with Crippen LogP contribution in [0.1, 0.15) is 37.6 Å². The van der Waals surface area contributed by atoms with Gasteiger partial charge in [-0.05, 0) is 45.0 Å². The lowest BCUT2D eigenvalue weighted by molar-refractivity contribution is -0.128. The van der Waals surface area contributed by atoms with Crippen LogP contribution >= 0.6 is 0 Å². The Balaban J connectivity index is 1.81. The molecule has 238 valence electrons. The topological polar surface area (TPSA) is 116 Å². The number of aromatic nitrogens is 5. The average molecular weight is 630 g/mol. The Morgan fingerprint density at radius 1 is 1.16 bits per heavy atom. The van der Waals surface area contributed by atoms with Crippen LogP contribution < -0.4 is 10.1 Å². The molecule has 0 spiro atoms. The number of hydrogen-bond donors (Lipinski definition) is 1. The van der Waals surface area contributed by atoms with E-state index in [1.165, 1.54) is 23.2 Å². The lowest BCUT2D eigenvalue weighted by Gasteiger charge is -2.20. The number of benzene rings is 1. The maximum Gasteiger partial charge on any atom is 0.387 e. The van der Waals surface area contributed by atoms with Gasteiger partial charge in [0.15, 0.2) is 5.65 Å². The van der Waals surface area contributed by atoms with Gasteiger partial charge in [-0.2, -0.15) is 13.9 Å². The van der Waals surface area contributed by atoms with Crippen molar-refractivity contribution in [3.05, 3.63) is 36.2 Å². The Morgan fingerprint density at radius 2 is 1.89 bits per heavy atom. The summed E-state index contributed by atoms with van der Waals surface area (Å²) in [6.07, 6.45) is 3.40. The fourth-order valence-corrected chi connectivity index (χ4v) is 5.26. The maximum absolute atomic E-state index is 13.4. The molecule has 3 aromatic heterocycles. The van der Waals surface area contributed by atoms with Crippen molar-refractivity contribution in [2.75, 3.05) is 20.7 Å². The molecule has 1 N–H and O–H groups in total. The summed E-state index contributed by atoms with van der Waals surface area (Å²) in [5, 5.41) is 8.19. The van der Waals surface area contributed by atoms with Crippen LogP contribution in [-0.4, -0.2) is 82.0 Å². The fourth-order valence-electron chi connectivity index (χ4n) is 4.50. The predicted molar refractivity (Wildman–Crippen MR) is 168 cm³/mol. The van der Waals surface area contributed by atoms with Crippen LogP contribution in [-0.2, 0) is 22.8 Å². The highest BCUT2D eigenvalue weighted by atomic mass is 28.3. The summed E-state index contributed by atoms with van der Waals surface area (Å²) < 4.78 is 40.1. The number of fused-ring (bicyclic) bond motifs is 2. The van der Waals surface area contributed by atoms with Gasteiger partial charge in [0.05, 0.1) is 23.8 Å². The van der Waals surface area contributed by atoms with Gasteiger partial charge in [-0.3, -0.25) is 14.3 Å². The van der Waals surface area contributed by atoms with E-state index in [0.29, 0.717) is 45.6 Å². The van der Waals surface area contributed by atoms with E-state index in [-0.39, 0.29) is 37.3 Å². The Kier molecular flexibility index (Phi) is 9.73. The summed E-state index contributed by atoms with van der Waals surface area (Å²) >= 11 is 0. The molecule has 0 bridgehead atoms. The van der Waals surface area contributed by atoms with Crippen molar-refractivity contribution in [1.82, 2.24) is 34.5 Å². The van der Waals surface area contributed by atoms with Crippen molar-refractivity contribution in [3.8, 4) is 17.1 Å². The van der Waals surface area contributed by atoms with Gasteiger partial charge >= 0.3 is 6.61 Å². The molecule has 44 heavy (non-hydrogen) atoms. The number of halogens is 2. The van der Waals surface area contributed by atoms with Gasteiger partial charge in [0, 0.05) is 52.3 Å². The van der Waals surface area contributed by atoms with E-state index in [0.717, 1.165) is 6.04 Å². The Hall–Kier alpha value is -3.91. The molecule has 0 saturated heterocycles. The number of alkyl halides is 2. The molecule has 14 heteroatoms. The molecule has 0 atom stereocenters. The highest BCUT2D eigenvalue weighted by Crippen LogP contribution is 2.32. The van der Waals surface area contributed by atoms with Crippen molar-refractivity contribution < 1.29 is 27.8 Å². The summed E-state index contributed by atoms with van der Waals surface area (Å²) in [6, 6.07) is 5.50. The van der Waals surface area contributed by atoms with E-state index in [2.05, 4.69) is 34.7 Å². The average Bonchev–Trinajstić information content (AvgIpc) is 3.45. The molecular weight excluding hydrogens is 588 g/mol. The summed E-state index contributed by atoms with van der Waals surface area (Å²) in [6.45, 7) is 10.5. The molecule has 3 heterocycles. The lowest BCUT2D eigenvalue weighted by atomic mass is 10.1. The van der Waals surface area contributed by atoms with Crippen molar-refractivity contribution in [2.24, 2.45) is 0 Å². The number of rotatable bonds is 12. The smallest absolute Gasteiger partial charge is 0.387 e. The molecule has 1 aromatic carbocycles.